The van der Waals surface area contributed by atoms with Gasteiger partial charge in [0.2, 0.25) is 0 Å². The van der Waals surface area contributed by atoms with Crippen molar-refractivity contribution in [3.63, 3.8) is 0 Å². The van der Waals surface area contributed by atoms with Gasteiger partial charge in [-0.2, -0.15) is 13.2 Å². The van der Waals surface area contributed by atoms with Gasteiger partial charge < -0.3 is 10.6 Å². The van der Waals surface area contributed by atoms with Crippen LogP contribution >= 0.6 is 0 Å². The van der Waals surface area contributed by atoms with Gasteiger partial charge in [0.25, 0.3) is 5.91 Å². The Kier molecular flexibility index (Phi) is 5.81. The molecule has 9 heteroatoms. The minimum atomic E-state index is -4.82. The number of carbonyl (C=O) groups excluding carboxylic acids is 1. The summed E-state index contributed by atoms with van der Waals surface area (Å²) in [5, 5.41) is 12.4. The monoisotopic (exact) mass is 416 g/mol. The summed E-state index contributed by atoms with van der Waals surface area (Å²) in [6.07, 6.45) is -2.79. The van der Waals surface area contributed by atoms with Crippen molar-refractivity contribution in [1.82, 2.24) is 15.6 Å². The first-order chi connectivity index (χ1) is 14.2. The van der Waals surface area contributed by atoms with Gasteiger partial charge >= 0.3 is 6.18 Å². The van der Waals surface area contributed by atoms with Crippen molar-refractivity contribution in [3.8, 4) is 11.1 Å². The van der Waals surface area contributed by atoms with Crippen molar-refractivity contribution < 1.29 is 22.4 Å². The van der Waals surface area contributed by atoms with Crippen LogP contribution in [0.2, 0.25) is 0 Å². The van der Waals surface area contributed by atoms with E-state index in [1.807, 2.05) is 0 Å². The molecule has 3 aromatic rings. The number of halogens is 4. The van der Waals surface area contributed by atoms with E-state index in [1.165, 1.54) is 31.3 Å². The molecule has 154 valence electrons. The molecule has 0 atom stereocenters. The predicted molar refractivity (Wildman–Crippen MR) is 106 cm³/mol. The number of rotatable bonds is 5. The summed E-state index contributed by atoms with van der Waals surface area (Å²) >= 11 is 0. The molecule has 3 N–H and O–H groups in total. The number of hydrogen-bond donors (Lipinski definition) is 3. The summed E-state index contributed by atoms with van der Waals surface area (Å²) in [7, 11) is 1.33. The van der Waals surface area contributed by atoms with Crippen LogP contribution in [0.1, 0.15) is 10.4 Å². The molecule has 1 aromatic heterocycles. The van der Waals surface area contributed by atoms with E-state index in [-0.39, 0.29) is 17.2 Å². The SMILES string of the molecule is CN/C(=C\C(=N)C(F)(F)F)NC(=O)c1ccc2cc(-c3cccc(F)c3)cnc2c1. The van der Waals surface area contributed by atoms with Gasteiger partial charge in [-0.15, -0.1) is 0 Å². The maximum absolute atomic E-state index is 13.4. The molecule has 30 heavy (non-hydrogen) atoms. The van der Waals surface area contributed by atoms with Gasteiger partial charge in [-0.3, -0.25) is 15.2 Å². The second-order valence-corrected chi connectivity index (χ2v) is 6.32. The van der Waals surface area contributed by atoms with Crippen molar-refractivity contribution >= 4 is 22.5 Å². The molecule has 3 rings (SSSR count). The van der Waals surface area contributed by atoms with E-state index < -0.39 is 17.8 Å². The lowest BCUT2D eigenvalue weighted by atomic mass is 10.0. The normalized spacial score (nSPS) is 12.0. The Balaban J connectivity index is 1.84. The van der Waals surface area contributed by atoms with E-state index in [4.69, 9.17) is 5.41 Å². The number of carbonyl (C=O) groups is 1. The number of nitrogens with zero attached hydrogens (tertiary/aromatic N) is 1. The molecule has 1 heterocycles. The van der Waals surface area contributed by atoms with Crippen LogP contribution in [0.15, 0.2) is 66.6 Å². The number of pyridine rings is 1. The lowest BCUT2D eigenvalue weighted by Gasteiger charge is -2.11. The molecule has 0 aliphatic carbocycles. The number of fused-ring (bicyclic) bond motifs is 1. The third-order valence-electron chi connectivity index (χ3n) is 4.22. The predicted octanol–water partition coefficient (Wildman–Crippen LogP) is 4.41. The Morgan fingerprint density at radius 2 is 1.87 bits per heavy atom. The summed E-state index contributed by atoms with van der Waals surface area (Å²) in [5.41, 5.74) is 0.415. The fraction of sp³-hybridized carbons (Fsp3) is 0.0952. The van der Waals surface area contributed by atoms with E-state index in [0.717, 1.165) is 0 Å². The Morgan fingerprint density at radius 1 is 1.10 bits per heavy atom. The molecule has 1 amide bonds. The number of benzene rings is 2. The second kappa shape index (κ2) is 8.32. The molecule has 0 spiro atoms. The van der Waals surface area contributed by atoms with Gasteiger partial charge in [0, 0.05) is 35.8 Å². The smallest absolute Gasteiger partial charge is 0.375 e. The summed E-state index contributed by atoms with van der Waals surface area (Å²) in [6, 6.07) is 12.5. The number of allylic oxidation sites excluding steroid dienone is 1. The molecule has 5 nitrogen and oxygen atoms in total. The van der Waals surface area contributed by atoms with E-state index in [9.17, 15) is 22.4 Å². The minimum absolute atomic E-state index is 0.174. The van der Waals surface area contributed by atoms with E-state index >= 15 is 0 Å². The fourth-order valence-electron chi connectivity index (χ4n) is 2.68. The average Bonchev–Trinajstić information content (AvgIpc) is 2.71. The largest absolute Gasteiger partial charge is 0.432 e. The van der Waals surface area contributed by atoms with Crippen molar-refractivity contribution in [2.45, 2.75) is 6.18 Å². The van der Waals surface area contributed by atoms with Crippen LogP contribution in [0.5, 0.6) is 0 Å². The zero-order chi connectivity index (χ0) is 21.9. The highest BCUT2D eigenvalue weighted by molar-refractivity contribution is 6.01. The van der Waals surface area contributed by atoms with Gasteiger partial charge in [-0.25, -0.2) is 4.39 Å². The van der Waals surface area contributed by atoms with Crippen molar-refractivity contribution in [3.05, 3.63) is 78.0 Å². The lowest BCUT2D eigenvalue weighted by molar-refractivity contribution is -0.0584. The van der Waals surface area contributed by atoms with Crippen LogP contribution in [0, 0.1) is 11.2 Å². The lowest BCUT2D eigenvalue weighted by Crippen LogP contribution is -2.32. The van der Waals surface area contributed by atoms with Gasteiger partial charge in [0.05, 0.1) is 5.52 Å². The van der Waals surface area contributed by atoms with E-state index in [0.29, 0.717) is 28.1 Å². The van der Waals surface area contributed by atoms with Crippen molar-refractivity contribution in [1.29, 1.82) is 5.41 Å². The zero-order valence-corrected chi connectivity index (χ0v) is 15.6. The summed E-state index contributed by atoms with van der Waals surface area (Å²) in [5.74, 6) is -1.30. The summed E-state index contributed by atoms with van der Waals surface area (Å²) < 4.78 is 51.0. The van der Waals surface area contributed by atoms with E-state index in [1.54, 1.807) is 30.5 Å². The van der Waals surface area contributed by atoms with Crippen LogP contribution in [-0.4, -0.2) is 29.8 Å². The highest BCUT2D eigenvalue weighted by Gasteiger charge is 2.33. The average molecular weight is 416 g/mol. The molecule has 0 fully saturated rings. The molecular weight excluding hydrogens is 400 g/mol. The molecule has 0 aliphatic heterocycles. The first kappa shape index (κ1) is 21.0. The number of aromatic nitrogens is 1. The van der Waals surface area contributed by atoms with Crippen LogP contribution in [-0.2, 0) is 0 Å². The third kappa shape index (κ3) is 4.80. The molecule has 0 unspecified atom stereocenters. The molecule has 0 saturated carbocycles. The first-order valence-electron chi connectivity index (χ1n) is 8.69. The molecule has 0 saturated heterocycles. The Labute approximate surface area is 168 Å². The Morgan fingerprint density at radius 3 is 2.53 bits per heavy atom. The van der Waals surface area contributed by atoms with Crippen molar-refractivity contribution in [2.24, 2.45) is 0 Å². The molecule has 0 bridgehead atoms. The third-order valence-corrected chi connectivity index (χ3v) is 4.22. The summed E-state index contributed by atoms with van der Waals surface area (Å²) in [4.78, 5) is 16.7. The van der Waals surface area contributed by atoms with Crippen LogP contribution in [0.4, 0.5) is 17.6 Å². The molecule has 2 aromatic carbocycles. The van der Waals surface area contributed by atoms with Gasteiger partial charge in [0.1, 0.15) is 17.3 Å². The Bertz CT molecular complexity index is 1160. The van der Waals surface area contributed by atoms with Gasteiger partial charge in [-0.05, 0) is 35.9 Å². The maximum Gasteiger partial charge on any atom is 0.432 e. The van der Waals surface area contributed by atoms with Crippen LogP contribution in [0.25, 0.3) is 22.0 Å². The quantitative estimate of drug-likeness (QED) is 0.426. The highest BCUT2D eigenvalue weighted by Crippen LogP contribution is 2.24. The standard InChI is InChI=1S/C21H16F4N4O/c1-27-19(10-18(26)21(23,24)25)29-20(30)14-6-5-13-7-15(11-28-17(13)9-14)12-3-2-4-16(22)8-12/h2-11,26-27H,1H3,(H,29,30)/b19-10+,26-18?. The topological polar surface area (TPSA) is 77.9 Å². The zero-order valence-electron chi connectivity index (χ0n) is 15.6. The number of hydrogen-bond acceptors (Lipinski definition) is 4. The number of amides is 1. The first-order valence-corrected chi connectivity index (χ1v) is 8.69. The van der Waals surface area contributed by atoms with Crippen molar-refractivity contribution in [2.75, 3.05) is 7.05 Å². The summed E-state index contributed by atoms with van der Waals surface area (Å²) in [6.45, 7) is 0. The maximum atomic E-state index is 13.4. The second-order valence-electron chi connectivity index (χ2n) is 6.32. The van der Waals surface area contributed by atoms with Crippen LogP contribution < -0.4 is 10.6 Å². The number of nitrogens with one attached hydrogen (secondary N) is 3. The van der Waals surface area contributed by atoms with E-state index in [2.05, 4.69) is 15.6 Å². The Hall–Kier alpha value is -3.75. The highest BCUT2D eigenvalue weighted by atomic mass is 19.4. The van der Waals surface area contributed by atoms with Crippen LogP contribution in [0.3, 0.4) is 0 Å². The van der Waals surface area contributed by atoms with Gasteiger partial charge in [-0.1, -0.05) is 18.2 Å². The fourth-order valence-corrected chi connectivity index (χ4v) is 2.68. The van der Waals surface area contributed by atoms with Gasteiger partial charge in [0.15, 0.2) is 0 Å². The molecule has 0 radical (unpaired) electrons. The minimum Gasteiger partial charge on any atom is -0.375 e. The molecular formula is C21H16F4N4O. The number of alkyl halides is 3. The molecule has 0 aliphatic rings.